The molecule has 222 valence electrons. The van der Waals surface area contributed by atoms with E-state index in [0.717, 1.165) is 33.4 Å². The lowest BCUT2D eigenvalue weighted by Crippen LogP contribution is -2.34. The first-order valence-electron chi connectivity index (χ1n) is 14.6. The zero-order valence-corrected chi connectivity index (χ0v) is 28.2. The van der Waals surface area contributed by atoms with Crippen molar-refractivity contribution < 1.29 is 19.7 Å². The quantitative estimate of drug-likeness (QED) is 0.278. The number of ether oxygens (including phenoxy) is 1. The second-order valence-corrected chi connectivity index (χ2v) is 17.0. The van der Waals surface area contributed by atoms with Crippen LogP contribution in [-0.2, 0) is 40.7 Å². The van der Waals surface area contributed by atoms with Crippen LogP contribution in [0, 0.1) is 0 Å². The molecule has 0 spiro atoms. The van der Waals surface area contributed by atoms with Gasteiger partial charge in [0.05, 0.1) is 11.4 Å². The molecule has 2 aromatic carbocycles. The smallest absolute Gasteiger partial charge is 0.328 e. The summed E-state index contributed by atoms with van der Waals surface area (Å²) in [5.41, 5.74) is 4.06. The topological polar surface area (TPSA) is 66.8 Å². The van der Waals surface area contributed by atoms with E-state index in [-0.39, 0.29) is 34.2 Å². The fourth-order valence-corrected chi connectivity index (χ4v) is 7.56. The number of rotatable bonds is 5. The van der Waals surface area contributed by atoms with Gasteiger partial charge in [0.25, 0.3) is 0 Å². The lowest BCUT2D eigenvalue weighted by Gasteiger charge is -2.32. The lowest BCUT2D eigenvalue weighted by molar-refractivity contribution is -0.146. The van der Waals surface area contributed by atoms with Crippen molar-refractivity contribution in [2.45, 2.75) is 135 Å². The summed E-state index contributed by atoms with van der Waals surface area (Å²) >= 11 is 1.64. The van der Waals surface area contributed by atoms with E-state index in [0.29, 0.717) is 17.9 Å². The number of phenols is 2. The third-order valence-electron chi connectivity index (χ3n) is 8.24. The minimum Gasteiger partial charge on any atom is -0.507 e. The van der Waals surface area contributed by atoms with Crippen LogP contribution in [0.5, 0.6) is 11.5 Å². The van der Waals surface area contributed by atoms with Crippen molar-refractivity contribution in [3.8, 4) is 11.5 Å². The molecule has 1 aliphatic heterocycles. The molecule has 0 bridgehead atoms. The van der Waals surface area contributed by atoms with Crippen LogP contribution in [0.2, 0.25) is 0 Å². The molecular weight excluding hydrogens is 516 g/mol. The summed E-state index contributed by atoms with van der Waals surface area (Å²) in [6.45, 7) is 29.5. The molecule has 0 aliphatic carbocycles. The average Bonchev–Trinajstić information content (AvgIpc) is 3.48. The maximum absolute atomic E-state index is 14.2. The lowest BCUT2D eigenvalue weighted by atomic mass is 9.71. The highest BCUT2D eigenvalue weighted by molar-refractivity contribution is 8.09. The summed E-state index contributed by atoms with van der Waals surface area (Å²) in [7, 11) is 0. The number of thioether (sulfide) groups is 1. The molecule has 0 radical (unpaired) electrons. The minimum absolute atomic E-state index is 0.255. The van der Waals surface area contributed by atoms with Crippen LogP contribution in [-0.4, -0.2) is 22.8 Å². The van der Waals surface area contributed by atoms with E-state index in [1.54, 1.807) is 11.8 Å². The summed E-state index contributed by atoms with van der Waals surface area (Å²) in [4.78, 5) is 14.2. The van der Waals surface area contributed by atoms with E-state index in [1.165, 1.54) is 0 Å². The summed E-state index contributed by atoms with van der Waals surface area (Å²) in [6.07, 6.45) is 0.699. The highest BCUT2D eigenvalue weighted by Crippen LogP contribution is 2.78. The Morgan fingerprint density at radius 1 is 0.675 bits per heavy atom. The van der Waals surface area contributed by atoms with Gasteiger partial charge in [-0.2, -0.15) is 0 Å². The van der Waals surface area contributed by atoms with Gasteiger partial charge in [-0.05, 0) is 80.5 Å². The van der Waals surface area contributed by atoms with Crippen LogP contribution in [0.1, 0.15) is 137 Å². The van der Waals surface area contributed by atoms with E-state index in [4.69, 9.17) is 4.74 Å². The van der Waals surface area contributed by atoms with Crippen LogP contribution < -0.4 is 0 Å². The van der Waals surface area contributed by atoms with E-state index < -0.39 is 9.49 Å². The van der Waals surface area contributed by atoms with E-state index in [9.17, 15) is 15.0 Å². The van der Waals surface area contributed by atoms with Gasteiger partial charge >= 0.3 is 5.97 Å². The summed E-state index contributed by atoms with van der Waals surface area (Å²) in [6, 6.07) is 8.28. The van der Waals surface area contributed by atoms with Gasteiger partial charge in [-0.1, -0.05) is 102 Å². The van der Waals surface area contributed by atoms with Gasteiger partial charge < -0.3 is 14.9 Å². The van der Waals surface area contributed by atoms with Crippen molar-refractivity contribution in [3.63, 3.8) is 0 Å². The second-order valence-electron chi connectivity index (χ2n) is 15.5. The summed E-state index contributed by atoms with van der Waals surface area (Å²) in [5, 5.41) is 22.9. The Morgan fingerprint density at radius 2 is 1.00 bits per heavy atom. The van der Waals surface area contributed by atoms with Crippen molar-refractivity contribution in [1.29, 1.82) is 0 Å². The van der Waals surface area contributed by atoms with Gasteiger partial charge in [-0.15, -0.1) is 11.8 Å². The Morgan fingerprint density at radius 3 is 1.27 bits per heavy atom. The summed E-state index contributed by atoms with van der Waals surface area (Å²) in [5.74, 6) is 0.372. The Bertz CT molecular complexity index is 1230. The molecule has 5 heteroatoms. The first kappa shape index (κ1) is 32.4. The third-order valence-corrected chi connectivity index (χ3v) is 10.3. The Balaban J connectivity index is 2.47. The average molecular weight is 569 g/mol. The van der Waals surface area contributed by atoms with E-state index in [1.807, 2.05) is 19.1 Å². The third kappa shape index (κ3) is 5.28. The standard InChI is InChI=1S/C35H52O4S/c1-15-34(21-17-23(30(3,4)5)27(36)24(18-21)31(6,7)8)35(40-34,29(38)39-16-2)22-19-25(32(9,10)11)28(37)26(20-22)33(12,13)14/h17-20,36-37H,15-16H2,1-14H3. The van der Waals surface area contributed by atoms with Crippen LogP contribution in [0.15, 0.2) is 24.3 Å². The molecule has 2 aromatic rings. The van der Waals surface area contributed by atoms with Crippen LogP contribution in [0.3, 0.4) is 0 Å². The first-order valence-corrected chi connectivity index (χ1v) is 15.4. The minimum atomic E-state index is -0.979. The molecule has 1 saturated heterocycles. The highest BCUT2D eigenvalue weighted by atomic mass is 32.2. The molecule has 0 aromatic heterocycles. The Labute approximate surface area is 247 Å². The summed E-state index contributed by atoms with van der Waals surface area (Å²) < 4.78 is 4.26. The van der Waals surface area contributed by atoms with Gasteiger partial charge in [-0.25, -0.2) is 0 Å². The molecular formula is C35H52O4S. The van der Waals surface area contributed by atoms with Gasteiger partial charge in [0.1, 0.15) is 11.5 Å². The maximum Gasteiger partial charge on any atom is 0.328 e. The van der Waals surface area contributed by atoms with Crippen molar-refractivity contribution in [3.05, 3.63) is 57.6 Å². The monoisotopic (exact) mass is 568 g/mol. The van der Waals surface area contributed by atoms with Crippen LogP contribution in [0.4, 0.5) is 0 Å². The molecule has 4 nitrogen and oxygen atoms in total. The molecule has 0 amide bonds. The van der Waals surface area contributed by atoms with Crippen molar-refractivity contribution in [2.75, 3.05) is 6.61 Å². The van der Waals surface area contributed by atoms with E-state index >= 15 is 0 Å². The number of hydrogen-bond donors (Lipinski definition) is 2. The molecule has 1 heterocycles. The predicted octanol–water partition coefficient (Wildman–Crippen LogP) is 9.10. The SMILES string of the molecule is CCOC(=O)C1(c2cc(C(C)(C)C)c(O)c(C(C)(C)C)c2)SC1(CC)c1cc(C(C)(C)C)c(O)c(C(C)(C)C)c1. The highest BCUT2D eigenvalue weighted by Gasteiger charge is 2.75. The van der Waals surface area contributed by atoms with Crippen LogP contribution in [0.25, 0.3) is 0 Å². The fraction of sp³-hybridized carbons (Fsp3) is 0.629. The molecule has 3 rings (SSSR count). The predicted molar refractivity (Wildman–Crippen MR) is 169 cm³/mol. The number of aromatic hydroxyl groups is 2. The van der Waals surface area contributed by atoms with Gasteiger partial charge in [0, 0.05) is 0 Å². The number of carbonyl (C=O) groups excluding carboxylic acids is 1. The second kappa shape index (κ2) is 10.00. The van der Waals surface area contributed by atoms with Crippen molar-refractivity contribution in [1.82, 2.24) is 0 Å². The number of carbonyl (C=O) groups is 1. The zero-order chi connectivity index (χ0) is 30.9. The first-order chi connectivity index (χ1) is 18.0. The number of benzene rings is 2. The number of hydrogen-bond acceptors (Lipinski definition) is 5. The van der Waals surface area contributed by atoms with Gasteiger partial charge in [-0.3, -0.25) is 4.79 Å². The molecule has 1 aliphatic rings. The Hall–Kier alpha value is -2.14. The van der Waals surface area contributed by atoms with Gasteiger partial charge in [0.15, 0.2) is 4.75 Å². The van der Waals surface area contributed by atoms with E-state index in [2.05, 4.69) is 102 Å². The number of phenolic OH excluding ortho intramolecular Hbond substituents is 2. The largest absolute Gasteiger partial charge is 0.507 e. The maximum atomic E-state index is 14.2. The fourth-order valence-electron chi connectivity index (χ4n) is 5.86. The van der Waals surface area contributed by atoms with Crippen molar-refractivity contribution in [2.24, 2.45) is 0 Å². The molecule has 2 atom stereocenters. The molecule has 2 N–H and O–H groups in total. The Kier molecular flexibility index (Phi) is 8.09. The number of esters is 1. The zero-order valence-electron chi connectivity index (χ0n) is 27.3. The molecule has 0 saturated carbocycles. The van der Waals surface area contributed by atoms with Crippen molar-refractivity contribution >= 4 is 17.7 Å². The van der Waals surface area contributed by atoms with Gasteiger partial charge in [0.2, 0.25) is 0 Å². The normalized spacial score (nSPS) is 21.9. The van der Waals surface area contributed by atoms with Crippen LogP contribution >= 0.6 is 11.8 Å². The molecule has 40 heavy (non-hydrogen) atoms. The molecule has 1 fully saturated rings. The molecule has 2 unspecified atom stereocenters.